The molecule has 136 valence electrons. The van der Waals surface area contributed by atoms with Crippen LogP contribution in [0.15, 0.2) is 29.2 Å². The highest BCUT2D eigenvalue weighted by atomic mass is 32.2. The quantitative estimate of drug-likeness (QED) is 0.724. The summed E-state index contributed by atoms with van der Waals surface area (Å²) in [6, 6.07) is 6.19. The third kappa shape index (κ3) is 7.65. The Balaban J connectivity index is 2.49. The molecule has 1 amide bonds. The molecule has 0 aliphatic heterocycles. The van der Waals surface area contributed by atoms with Crippen LogP contribution in [0.25, 0.3) is 0 Å². The number of alkyl carbamates (subject to hydrolysis) is 1. The number of ether oxygens (including phenoxy) is 1. The molecule has 0 aliphatic carbocycles. The molecule has 24 heavy (non-hydrogen) atoms. The van der Waals surface area contributed by atoms with Crippen LogP contribution >= 0.6 is 0 Å². The summed E-state index contributed by atoms with van der Waals surface area (Å²) < 4.78 is 27.6. The lowest BCUT2D eigenvalue weighted by atomic mass is 10.0. The van der Waals surface area contributed by atoms with E-state index in [0.717, 1.165) is 5.69 Å². The number of rotatable bonds is 6. The molecule has 0 bridgehead atoms. The maximum atomic E-state index is 11.8. The molecule has 0 heterocycles. The Hall–Kier alpha value is -1.80. The van der Waals surface area contributed by atoms with E-state index >= 15 is 0 Å². The van der Waals surface area contributed by atoms with Crippen molar-refractivity contribution in [3.8, 4) is 0 Å². The zero-order chi connectivity index (χ0) is 18.6. The van der Waals surface area contributed by atoms with Gasteiger partial charge >= 0.3 is 6.09 Å². The van der Waals surface area contributed by atoms with Crippen LogP contribution in [-0.4, -0.2) is 32.2 Å². The molecule has 0 saturated carbocycles. The largest absolute Gasteiger partial charge is 0.444 e. The summed E-state index contributed by atoms with van der Waals surface area (Å²) in [5.74, 6) is 0. The van der Waals surface area contributed by atoms with E-state index in [9.17, 15) is 13.2 Å². The van der Waals surface area contributed by atoms with Crippen molar-refractivity contribution in [2.24, 2.45) is 5.14 Å². The summed E-state index contributed by atoms with van der Waals surface area (Å²) in [7, 11) is -3.68. The van der Waals surface area contributed by atoms with E-state index in [-0.39, 0.29) is 4.90 Å². The molecule has 0 aromatic heterocycles. The van der Waals surface area contributed by atoms with Crippen molar-refractivity contribution >= 4 is 21.8 Å². The van der Waals surface area contributed by atoms with Crippen molar-refractivity contribution in [1.82, 2.24) is 5.32 Å². The molecule has 1 aromatic rings. The first-order chi connectivity index (χ1) is 10.8. The minimum Gasteiger partial charge on any atom is -0.444 e. The number of sulfonamides is 1. The molecule has 8 heteroatoms. The molecule has 4 N–H and O–H groups in total. The number of hydrogen-bond donors (Lipinski definition) is 3. The van der Waals surface area contributed by atoms with Gasteiger partial charge in [0.1, 0.15) is 5.60 Å². The molecule has 7 nitrogen and oxygen atoms in total. The lowest BCUT2D eigenvalue weighted by Gasteiger charge is -2.28. The van der Waals surface area contributed by atoms with E-state index in [1.165, 1.54) is 12.1 Å². The maximum Gasteiger partial charge on any atom is 0.408 e. The Morgan fingerprint density at radius 1 is 1.12 bits per heavy atom. The summed E-state index contributed by atoms with van der Waals surface area (Å²) in [4.78, 5) is 11.9. The first-order valence-corrected chi connectivity index (χ1v) is 9.21. The average Bonchev–Trinajstić information content (AvgIpc) is 2.34. The van der Waals surface area contributed by atoms with E-state index in [1.807, 2.05) is 34.6 Å². The van der Waals surface area contributed by atoms with Crippen LogP contribution in [0.5, 0.6) is 0 Å². The highest BCUT2D eigenvalue weighted by Gasteiger charge is 2.24. The summed E-state index contributed by atoms with van der Waals surface area (Å²) in [5, 5.41) is 11.1. The number of nitrogens with one attached hydrogen (secondary N) is 2. The number of primary sulfonamides is 1. The van der Waals surface area contributed by atoms with Gasteiger partial charge in [-0.15, -0.1) is 0 Å². The van der Waals surface area contributed by atoms with Gasteiger partial charge in [0.25, 0.3) is 0 Å². The fraction of sp³-hybridized carbons (Fsp3) is 0.562. The SMILES string of the molecule is CC(C)(CCNc1ccc(S(N)(=O)=O)cc1)NC(=O)OC(C)(C)C. The van der Waals surface area contributed by atoms with E-state index < -0.39 is 27.3 Å². The molecule has 1 aromatic carbocycles. The number of nitrogens with two attached hydrogens (primary N) is 1. The van der Waals surface area contributed by atoms with E-state index in [2.05, 4.69) is 10.6 Å². The molecule has 0 fully saturated rings. The molecular weight excluding hydrogens is 330 g/mol. The molecule has 0 atom stereocenters. The van der Waals surface area contributed by atoms with Gasteiger partial charge in [-0.25, -0.2) is 18.4 Å². The van der Waals surface area contributed by atoms with Crippen molar-refractivity contribution in [2.75, 3.05) is 11.9 Å². The van der Waals surface area contributed by atoms with E-state index in [0.29, 0.717) is 13.0 Å². The Morgan fingerprint density at radius 3 is 2.12 bits per heavy atom. The molecule has 1 rings (SSSR count). The van der Waals surface area contributed by atoms with Crippen LogP contribution in [0.4, 0.5) is 10.5 Å². The second kappa shape index (κ2) is 7.40. The van der Waals surface area contributed by atoms with Crippen LogP contribution in [-0.2, 0) is 14.8 Å². The number of anilines is 1. The first kappa shape index (κ1) is 20.2. The Kier molecular flexibility index (Phi) is 6.24. The monoisotopic (exact) mass is 357 g/mol. The number of amides is 1. The number of carbonyl (C=O) groups excluding carboxylic acids is 1. The fourth-order valence-electron chi connectivity index (χ4n) is 1.92. The average molecular weight is 357 g/mol. The number of hydrogen-bond acceptors (Lipinski definition) is 5. The van der Waals surface area contributed by atoms with Crippen LogP contribution < -0.4 is 15.8 Å². The van der Waals surface area contributed by atoms with Crippen LogP contribution in [0.3, 0.4) is 0 Å². The van der Waals surface area contributed by atoms with Crippen LogP contribution in [0.2, 0.25) is 0 Å². The van der Waals surface area contributed by atoms with E-state index in [4.69, 9.17) is 9.88 Å². The predicted molar refractivity (Wildman–Crippen MR) is 94.4 cm³/mol. The van der Waals surface area contributed by atoms with Crippen molar-refractivity contribution in [1.29, 1.82) is 0 Å². The van der Waals surface area contributed by atoms with Gasteiger partial charge in [0.2, 0.25) is 10.0 Å². The molecule has 0 unspecified atom stereocenters. The van der Waals surface area contributed by atoms with Gasteiger partial charge < -0.3 is 15.4 Å². The highest BCUT2D eigenvalue weighted by molar-refractivity contribution is 7.89. The fourth-order valence-corrected chi connectivity index (χ4v) is 2.44. The third-order valence-corrected chi connectivity index (χ3v) is 4.03. The Labute approximate surface area is 144 Å². The highest BCUT2D eigenvalue weighted by Crippen LogP contribution is 2.15. The topological polar surface area (TPSA) is 111 Å². The van der Waals surface area contributed by atoms with Crippen LogP contribution in [0.1, 0.15) is 41.0 Å². The van der Waals surface area contributed by atoms with Gasteiger partial charge in [0, 0.05) is 17.8 Å². The second-order valence-corrected chi connectivity index (χ2v) is 8.82. The minimum absolute atomic E-state index is 0.0694. The van der Waals surface area contributed by atoms with E-state index in [1.54, 1.807) is 12.1 Å². The Morgan fingerprint density at radius 2 is 1.67 bits per heavy atom. The number of carbonyl (C=O) groups is 1. The zero-order valence-electron chi connectivity index (χ0n) is 14.8. The van der Waals surface area contributed by atoms with Crippen molar-refractivity contribution in [3.05, 3.63) is 24.3 Å². The van der Waals surface area contributed by atoms with Crippen molar-refractivity contribution in [2.45, 2.75) is 57.1 Å². The Bertz CT molecular complexity index is 662. The molecule has 0 saturated heterocycles. The molecular formula is C16H27N3O4S. The van der Waals surface area contributed by atoms with Gasteiger partial charge in [-0.3, -0.25) is 0 Å². The van der Waals surface area contributed by atoms with Gasteiger partial charge in [0.05, 0.1) is 4.90 Å². The third-order valence-electron chi connectivity index (χ3n) is 3.10. The summed E-state index contributed by atoms with van der Waals surface area (Å²) in [6.07, 6.45) is 0.202. The predicted octanol–water partition coefficient (Wildman–Crippen LogP) is 2.44. The normalized spacial score (nSPS) is 12.6. The summed E-state index contributed by atoms with van der Waals surface area (Å²) >= 11 is 0. The van der Waals surface area contributed by atoms with Crippen molar-refractivity contribution < 1.29 is 17.9 Å². The molecule has 0 spiro atoms. The summed E-state index contributed by atoms with van der Waals surface area (Å²) in [6.45, 7) is 9.84. The van der Waals surface area contributed by atoms with Gasteiger partial charge in [-0.05, 0) is 65.3 Å². The second-order valence-electron chi connectivity index (χ2n) is 7.26. The minimum atomic E-state index is -3.68. The standard InChI is InChI=1S/C16H27N3O4S/c1-15(2,3)23-14(20)19-16(4,5)10-11-18-12-6-8-13(9-7-12)24(17,21)22/h6-9,18H,10-11H2,1-5H3,(H,19,20)(H2,17,21,22). The first-order valence-electron chi connectivity index (χ1n) is 7.66. The van der Waals surface area contributed by atoms with Crippen molar-refractivity contribution in [3.63, 3.8) is 0 Å². The number of benzene rings is 1. The van der Waals surface area contributed by atoms with Gasteiger partial charge in [0.15, 0.2) is 0 Å². The lowest BCUT2D eigenvalue weighted by Crippen LogP contribution is -2.46. The van der Waals surface area contributed by atoms with Gasteiger partial charge in [-0.2, -0.15) is 0 Å². The lowest BCUT2D eigenvalue weighted by molar-refractivity contribution is 0.0470. The van der Waals surface area contributed by atoms with Gasteiger partial charge in [-0.1, -0.05) is 0 Å². The smallest absolute Gasteiger partial charge is 0.408 e. The molecule has 0 aliphatic rings. The zero-order valence-corrected chi connectivity index (χ0v) is 15.7. The summed E-state index contributed by atoms with van der Waals surface area (Å²) in [5.41, 5.74) is -0.213. The molecule has 0 radical (unpaired) electrons. The van der Waals surface area contributed by atoms with Crippen LogP contribution in [0, 0.1) is 0 Å². The maximum absolute atomic E-state index is 11.8.